The number of rotatable bonds is 3. The number of hydrogen-bond donors (Lipinski definition) is 1. The van der Waals surface area contributed by atoms with Crippen LogP contribution in [-0.4, -0.2) is 20.6 Å². The average Bonchev–Trinajstić information content (AvgIpc) is 3.05. The maximum Gasteiger partial charge on any atom is 0.148 e. The van der Waals surface area contributed by atoms with E-state index in [0.717, 1.165) is 43.9 Å². The summed E-state index contributed by atoms with van der Waals surface area (Å²) in [5.74, 6) is 0.860. The first-order valence-electron chi connectivity index (χ1n) is 9.52. The Kier molecular flexibility index (Phi) is 4.07. The highest BCUT2D eigenvalue weighted by atomic mass is 32.1. The number of benzene rings is 1. The lowest BCUT2D eigenvalue weighted by Gasteiger charge is -2.30. The number of hydrogen-bond acceptors (Lipinski definition) is 6. The van der Waals surface area contributed by atoms with E-state index in [1.54, 1.807) is 17.7 Å². The molecule has 0 unspecified atom stereocenters. The molecule has 0 saturated heterocycles. The summed E-state index contributed by atoms with van der Waals surface area (Å²) < 4.78 is 7.02. The Bertz CT molecular complexity index is 1170. The second kappa shape index (κ2) is 6.50. The van der Waals surface area contributed by atoms with Gasteiger partial charge in [0.15, 0.2) is 0 Å². The van der Waals surface area contributed by atoms with E-state index in [1.165, 1.54) is 5.56 Å². The van der Waals surface area contributed by atoms with Gasteiger partial charge in [0.05, 0.1) is 28.1 Å². The Balaban J connectivity index is 1.58. The molecule has 0 spiro atoms. The Morgan fingerprint density at radius 3 is 2.82 bits per heavy atom. The number of aromatic nitrogens is 3. The third-order valence-electron chi connectivity index (χ3n) is 5.28. The number of anilines is 1. The van der Waals surface area contributed by atoms with Crippen LogP contribution >= 0.6 is 11.3 Å². The standard InChI is InChI=1S/C22H22N4OS/c1-13(14-7-5-4-6-8-14)25-20-19-18(23-12-24-20)16-9-15-11-27-22(2,3)10-17(15)26-21(16)28-19/h4-9,12-13H,10-11H2,1-3H3,(H,23,24,25)/t13-/m1/s1. The van der Waals surface area contributed by atoms with Gasteiger partial charge >= 0.3 is 0 Å². The van der Waals surface area contributed by atoms with Gasteiger partial charge in [-0.05, 0) is 32.4 Å². The fourth-order valence-electron chi connectivity index (χ4n) is 3.72. The van der Waals surface area contributed by atoms with Gasteiger partial charge in [-0.3, -0.25) is 0 Å². The zero-order valence-corrected chi connectivity index (χ0v) is 17.0. The molecule has 5 nitrogen and oxygen atoms in total. The first kappa shape index (κ1) is 17.5. The molecule has 4 heterocycles. The third-order valence-corrected chi connectivity index (χ3v) is 6.37. The molecule has 6 heteroatoms. The van der Waals surface area contributed by atoms with Crippen molar-refractivity contribution in [2.24, 2.45) is 0 Å². The molecule has 4 aromatic rings. The summed E-state index contributed by atoms with van der Waals surface area (Å²) in [5.41, 5.74) is 4.32. The smallest absolute Gasteiger partial charge is 0.148 e. The second-order valence-corrected chi connectivity index (χ2v) is 8.95. The molecule has 0 amide bonds. The summed E-state index contributed by atoms with van der Waals surface area (Å²) in [6.07, 6.45) is 2.46. The van der Waals surface area contributed by atoms with Crippen molar-refractivity contribution in [3.8, 4) is 0 Å². The van der Waals surface area contributed by atoms with Crippen molar-refractivity contribution < 1.29 is 4.74 Å². The number of nitrogens with zero attached hydrogens (tertiary/aromatic N) is 3. The van der Waals surface area contributed by atoms with Crippen molar-refractivity contribution in [3.05, 3.63) is 59.5 Å². The Hall–Kier alpha value is -2.57. The van der Waals surface area contributed by atoms with Gasteiger partial charge in [-0.15, -0.1) is 11.3 Å². The fraction of sp³-hybridized carbons (Fsp3) is 0.318. The average molecular weight is 391 g/mol. The lowest BCUT2D eigenvalue weighted by atomic mass is 9.95. The highest BCUT2D eigenvalue weighted by molar-refractivity contribution is 7.25. The van der Waals surface area contributed by atoms with Gasteiger partial charge < -0.3 is 10.1 Å². The number of ether oxygens (including phenoxy) is 1. The summed E-state index contributed by atoms with van der Waals surface area (Å²) >= 11 is 1.66. The van der Waals surface area contributed by atoms with Gasteiger partial charge in [-0.1, -0.05) is 30.3 Å². The number of nitrogens with one attached hydrogen (secondary N) is 1. The van der Waals surface area contributed by atoms with Crippen LogP contribution in [0.4, 0.5) is 5.82 Å². The minimum Gasteiger partial charge on any atom is -0.370 e. The van der Waals surface area contributed by atoms with Gasteiger partial charge in [0.1, 0.15) is 17.0 Å². The molecule has 0 bridgehead atoms. The molecule has 1 aliphatic rings. The summed E-state index contributed by atoms with van der Waals surface area (Å²) in [7, 11) is 0. The number of pyridine rings is 1. The zero-order chi connectivity index (χ0) is 19.3. The molecule has 1 aliphatic heterocycles. The van der Waals surface area contributed by atoms with E-state index in [4.69, 9.17) is 9.72 Å². The predicted octanol–water partition coefficient (Wildman–Crippen LogP) is 5.26. The molecule has 0 fully saturated rings. The SMILES string of the molecule is C[C@@H](Nc1ncnc2c1sc1nc3c(cc12)COC(C)(C)C3)c1ccccc1. The van der Waals surface area contributed by atoms with Gasteiger partial charge in [0.25, 0.3) is 0 Å². The molecule has 1 N–H and O–H groups in total. The van der Waals surface area contributed by atoms with Gasteiger partial charge in [-0.2, -0.15) is 0 Å². The third kappa shape index (κ3) is 3.02. The molecule has 142 valence electrons. The van der Waals surface area contributed by atoms with E-state index in [9.17, 15) is 0 Å². The number of thiophene rings is 1. The summed E-state index contributed by atoms with van der Waals surface area (Å²) in [6, 6.07) is 12.7. The molecule has 1 atom stereocenters. The van der Waals surface area contributed by atoms with Gasteiger partial charge in [0.2, 0.25) is 0 Å². The van der Waals surface area contributed by atoms with Crippen LogP contribution in [0.25, 0.3) is 20.4 Å². The predicted molar refractivity (Wildman–Crippen MR) is 114 cm³/mol. The monoisotopic (exact) mass is 390 g/mol. The van der Waals surface area contributed by atoms with Gasteiger partial charge in [-0.25, -0.2) is 15.0 Å². The molecule has 0 saturated carbocycles. The Morgan fingerprint density at radius 1 is 1.18 bits per heavy atom. The lowest BCUT2D eigenvalue weighted by molar-refractivity contribution is -0.0411. The van der Waals surface area contributed by atoms with Crippen LogP contribution in [0.3, 0.4) is 0 Å². The molecule has 28 heavy (non-hydrogen) atoms. The molecule has 5 rings (SSSR count). The van der Waals surface area contributed by atoms with Crippen molar-refractivity contribution in [1.29, 1.82) is 0 Å². The summed E-state index contributed by atoms with van der Waals surface area (Å²) in [4.78, 5) is 15.1. The molecule has 3 aromatic heterocycles. The van der Waals surface area contributed by atoms with E-state index in [-0.39, 0.29) is 11.6 Å². The van der Waals surface area contributed by atoms with Crippen LogP contribution in [0.1, 0.15) is 43.6 Å². The van der Waals surface area contributed by atoms with Crippen molar-refractivity contribution in [1.82, 2.24) is 15.0 Å². The first-order chi connectivity index (χ1) is 13.5. The minimum atomic E-state index is -0.165. The maximum absolute atomic E-state index is 5.97. The van der Waals surface area contributed by atoms with E-state index in [0.29, 0.717) is 6.61 Å². The molecular formula is C22H22N4OS. The molecule has 1 aromatic carbocycles. The summed E-state index contributed by atoms with van der Waals surface area (Å²) in [6.45, 7) is 6.98. The van der Waals surface area contributed by atoms with E-state index < -0.39 is 0 Å². The normalized spacial score (nSPS) is 16.8. The summed E-state index contributed by atoms with van der Waals surface area (Å²) in [5, 5.41) is 4.63. The van der Waals surface area contributed by atoms with Crippen molar-refractivity contribution in [2.45, 2.75) is 45.4 Å². The highest BCUT2D eigenvalue weighted by Gasteiger charge is 2.28. The van der Waals surface area contributed by atoms with Gasteiger partial charge in [0, 0.05) is 23.4 Å². The molecule has 0 aliphatic carbocycles. The van der Waals surface area contributed by atoms with Crippen LogP contribution in [0.5, 0.6) is 0 Å². The van der Waals surface area contributed by atoms with Crippen LogP contribution in [-0.2, 0) is 17.8 Å². The Labute approximate surface area is 167 Å². The molecule has 0 radical (unpaired) electrons. The van der Waals surface area contributed by atoms with Crippen LogP contribution < -0.4 is 5.32 Å². The van der Waals surface area contributed by atoms with Crippen molar-refractivity contribution in [2.75, 3.05) is 5.32 Å². The maximum atomic E-state index is 5.97. The fourth-order valence-corrected chi connectivity index (χ4v) is 4.80. The van der Waals surface area contributed by atoms with E-state index in [1.807, 2.05) is 6.07 Å². The zero-order valence-electron chi connectivity index (χ0n) is 16.2. The van der Waals surface area contributed by atoms with Crippen LogP contribution in [0, 0.1) is 0 Å². The number of fused-ring (bicyclic) bond motifs is 4. The quantitative estimate of drug-likeness (QED) is 0.517. The topological polar surface area (TPSA) is 59.9 Å². The van der Waals surface area contributed by atoms with Crippen molar-refractivity contribution >= 4 is 37.6 Å². The lowest BCUT2D eigenvalue weighted by Crippen LogP contribution is -2.32. The van der Waals surface area contributed by atoms with Crippen molar-refractivity contribution in [3.63, 3.8) is 0 Å². The first-order valence-corrected chi connectivity index (χ1v) is 10.3. The van der Waals surface area contributed by atoms with Crippen LogP contribution in [0.15, 0.2) is 42.7 Å². The second-order valence-electron chi connectivity index (χ2n) is 7.95. The Morgan fingerprint density at radius 2 is 2.00 bits per heavy atom. The van der Waals surface area contributed by atoms with E-state index in [2.05, 4.69) is 66.4 Å². The minimum absolute atomic E-state index is 0.153. The van der Waals surface area contributed by atoms with Crippen LogP contribution in [0.2, 0.25) is 0 Å². The largest absolute Gasteiger partial charge is 0.370 e. The highest BCUT2D eigenvalue weighted by Crippen LogP contribution is 2.38. The van der Waals surface area contributed by atoms with E-state index >= 15 is 0 Å². The molecular weight excluding hydrogens is 368 g/mol.